The van der Waals surface area contributed by atoms with Crippen LogP contribution in [0.5, 0.6) is 0 Å². The van der Waals surface area contributed by atoms with Crippen molar-refractivity contribution >= 4 is 5.97 Å². The van der Waals surface area contributed by atoms with Crippen LogP contribution in [-0.4, -0.2) is 16.1 Å². The Kier molecular flexibility index (Phi) is 2.31. The molecule has 1 aromatic heterocycles. The van der Waals surface area contributed by atoms with Crippen LogP contribution in [0.4, 0.5) is 0 Å². The summed E-state index contributed by atoms with van der Waals surface area (Å²) in [5.74, 6) is -0.766. The fourth-order valence-corrected chi connectivity index (χ4v) is 0.889. The van der Waals surface area contributed by atoms with Gasteiger partial charge in [-0.05, 0) is 25.0 Å². The van der Waals surface area contributed by atoms with Gasteiger partial charge < -0.3 is 10.1 Å². The van der Waals surface area contributed by atoms with E-state index in [1.807, 2.05) is 13.0 Å². The van der Waals surface area contributed by atoms with E-state index in [1.54, 1.807) is 0 Å². The van der Waals surface area contributed by atoms with Gasteiger partial charge in [-0.15, -0.1) is 0 Å². The maximum absolute atomic E-state index is 10.2. The van der Waals surface area contributed by atoms with Gasteiger partial charge >= 0.3 is 5.97 Å². The molecule has 2 N–H and O–H groups in total. The molecule has 0 saturated heterocycles. The molecule has 0 saturated carbocycles. The van der Waals surface area contributed by atoms with E-state index in [2.05, 4.69) is 11.2 Å². The van der Waals surface area contributed by atoms with Crippen LogP contribution in [0.3, 0.4) is 0 Å². The van der Waals surface area contributed by atoms with Crippen molar-refractivity contribution in [2.45, 2.75) is 19.8 Å². The molecule has 0 unspecified atom stereocenters. The number of aromatic amines is 1. The molecule has 0 spiro atoms. The Morgan fingerprint density at radius 2 is 2.55 bits per heavy atom. The molecule has 1 heterocycles. The van der Waals surface area contributed by atoms with E-state index in [-0.39, 0.29) is 6.42 Å². The fraction of sp³-hybridized carbons (Fsp3) is 0.375. The Balaban J connectivity index is 2.45. The van der Waals surface area contributed by atoms with Crippen LogP contribution in [0.15, 0.2) is 6.07 Å². The number of aromatic nitrogens is 1. The average Bonchev–Trinajstić information content (AvgIpc) is 2.31. The summed E-state index contributed by atoms with van der Waals surface area (Å²) in [6.45, 7) is 1.92. The van der Waals surface area contributed by atoms with Gasteiger partial charge in [0.1, 0.15) is 0 Å². The summed E-state index contributed by atoms with van der Waals surface area (Å²) in [5.41, 5.74) is 1.95. The van der Waals surface area contributed by atoms with E-state index in [0.717, 1.165) is 11.3 Å². The highest BCUT2D eigenvalue weighted by molar-refractivity contribution is 5.67. The molecule has 1 rings (SSSR count). The van der Waals surface area contributed by atoms with Crippen molar-refractivity contribution in [3.63, 3.8) is 0 Å². The number of aliphatic carboxylic acids is 1. The van der Waals surface area contributed by atoms with Crippen LogP contribution < -0.4 is 0 Å². The van der Waals surface area contributed by atoms with Crippen LogP contribution in [0.25, 0.3) is 0 Å². The lowest BCUT2D eigenvalue weighted by molar-refractivity contribution is -0.136. The Morgan fingerprint density at radius 3 is 3.00 bits per heavy atom. The van der Waals surface area contributed by atoms with E-state index >= 15 is 0 Å². The lowest BCUT2D eigenvalue weighted by atomic mass is 10.2. The highest BCUT2D eigenvalue weighted by Gasteiger charge is 1.99. The molecular weight excluding hydrogens is 142 g/mol. The van der Waals surface area contributed by atoms with Gasteiger partial charge in [-0.3, -0.25) is 4.79 Å². The van der Waals surface area contributed by atoms with Crippen LogP contribution in [0.2, 0.25) is 0 Å². The average molecular weight is 152 g/mol. The molecule has 11 heavy (non-hydrogen) atoms. The second-order valence-corrected chi connectivity index (χ2v) is 2.50. The first-order valence-electron chi connectivity index (χ1n) is 3.46. The maximum atomic E-state index is 10.2. The molecule has 0 atom stereocenters. The SMILES string of the molecule is Cc1cc(CCC(=O)O)[c][nH]1. The van der Waals surface area contributed by atoms with Crippen LogP contribution in [0, 0.1) is 13.1 Å². The quantitative estimate of drug-likeness (QED) is 0.682. The van der Waals surface area contributed by atoms with E-state index < -0.39 is 5.97 Å². The predicted molar refractivity (Wildman–Crippen MR) is 40.3 cm³/mol. The second-order valence-electron chi connectivity index (χ2n) is 2.50. The number of aryl methyl sites for hydroxylation is 2. The topological polar surface area (TPSA) is 53.1 Å². The highest BCUT2D eigenvalue weighted by Crippen LogP contribution is 2.03. The number of rotatable bonds is 3. The molecule has 0 aliphatic rings. The Hall–Kier alpha value is -1.25. The summed E-state index contributed by atoms with van der Waals surface area (Å²) in [5, 5.41) is 8.36. The zero-order chi connectivity index (χ0) is 8.27. The third-order valence-corrected chi connectivity index (χ3v) is 1.42. The number of carbonyl (C=O) groups is 1. The van der Waals surface area contributed by atoms with E-state index in [4.69, 9.17) is 5.11 Å². The third-order valence-electron chi connectivity index (χ3n) is 1.42. The number of nitrogens with one attached hydrogen (secondary N) is 1. The molecule has 3 heteroatoms. The summed E-state index contributed by atoms with van der Waals surface area (Å²) in [7, 11) is 0. The standard InChI is InChI=1S/C8H10NO2/c1-6-4-7(5-9-6)2-3-8(10)11/h4,9H,2-3H2,1H3,(H,10,11). The Morgan fingerprint density at radius 1 is 1.82 bits per heavy atom. The summed E-state index contributed by atoms with van der Waals surface area (Å²) < 4.78 is 0. The first-order valence-corrected chi connectivity index (χ1v) is 3.46. The van der Waals surface area contributed by atoms with E-state index in [9.17, 15) is 4.79 Å². The van der Waals surface area contributed by atoms with Gasteiger partial charge in [0.2, 0.25) is 0 Å². The number of hydrogen-bond donors (Lipinski definition) is 2. The first-order chi connectivity index (χ1) is 5.18. The molecule has 59 valence electrons. The number of carboxylic acid groups (broad SMARTS) is 1. The van der Waals surface area contributed by atoms with E-state index in [1.165, 1.54) is 0 Å². The van der Waals surface area contributed by atoms with Gasteiger partial charge in [-0.1, -0.05) is 0 Å². The zero-order valence-electron chi connectivity index (χ0n) is 6.35. The highest BCUT2D eigenvalue weighted by atomic mass is 16.4. The van der Waals surface area contributed by atoms with Gasteiger partial charge in [-0.25, -0.2) is 0 Å². The molecule has 0 fully saturated rings. The monoisotopic (exact) mass is 152 g/mol. The summed E-state index contributed by atoms with van der Waals surface area (Å²) >= 11 is 0. The first kappa shape index (κ1) is 7.85. The second kappa shape index (κ2) is 3.23. The Bertz CT molecular complexity index is 252. The van der Waals surface area contributed by atoms with E-state index in [0.29, 0.717) is 6.42 Å². The number of hydrogen-bond acceptors (Lipinski definition) is 1. The summed E-state index contributed by atoms with van der Waals surface area (Å²) in [6, 6.07) is 1.91. The molecule has 1 radical (unpaired) electrons. The molecule has 0 aromatic carbocycles. The minimum absolute atomic E-state index is 0.174. The molecule has 0 aliphatic carbocycles. The fourth-order valence-electron chi connectivity index (χ4n) is 0.889. The number of carboxylic acids is 1. The van der Waals surface area contributed by atoms with Crippen molar-refractivity contribution in [3.8, 4) is 0 Å². The van der Waals surface area contributed by atoms with Crippen LogP contribution in [-0.2, 0) is 11.2 Å². The van der Waals surface area contributed by atoms with Gasteiger partial charge in [0.05, 0.1) is 6.20 Å². The van der Waals surface area contributed by atoms with Crippen LogP contribution in [0.1, 0.15) is 17.7 Å². The normalized spacial score (nSPS) is 9.91. The lowest BCUT2D eigenvalue weighted by Crippen LogP contribution is -1.96. The van der Waals surface area contributed by atoms with Gasteiger partial charge in [0, 0.05) is 12.1 Å². The lowest BCUT2D eigenvalue weighted by Gasteiger charge is -1.89. The van der Waals surface area contributed by atoms with Crippen molar-refractivity contribution in [1.82, 2.24) is 4.98 Å². The predicted octanol–water partition coefficient (Wildman–Crippen LogP) is 1.14. The maximum Gasteiger partial charge on any atom is 0.303 e. The van der Waals surface area contributed by atoms with Gasteiger partial charge in [0.25, 0.3) is 0 Å². The van der Waals surface area contributed by atoms with Crippen molar-refractivity contribution in [2.75, 3.05) is 0 Å². The molecule has 0 amide bonds. The van der Waals surface area contributed by atoms with Crippen molar-refractivity contribution in [1.29, 1.82) is 0 Å². The number of H-pyrrole nitrogens is 1. The summed E-state index contributed by atoms with van der Waals surface area (Å²) in [6.07, 6.45) is 3.60. The van der Waals surface area contributed by atoms with Crippen LogP contribution >= 0.6 is 0 Å². The molecule has 0 bridgehead atoms. The van der Waals surface area contributed by atoms with Gasteiger partial charge in [-0.2, -0.15) is 0 Å². The molecular formula is C8H10NO2. The smallest absolute Gasteiger partial charge is 0.303 e. The zero-order valence-corrected chi connectivity index (χ0v) is 6.35. The largest absolute Gasteiger partial charge is 0.481 e. The molecule has 0 aliphatic heterocycles. The summed E-state index contributed by atoms with van der Waals surface area (Å²) in [4.78, 5) is 13.0. The minimum Gasteiger partial charge on any atom is -0.481 e. The Labute approximate surface area is 65.1 Å². The third kappa shape index (κ3) is 2.45. The molecule has 3 nitrogen and oxygen atoms in total. The van der Waals surface area contributed by atoms with Crippen molar-refractivity contribution in [3.05, 3.63) is 23.5 Å². The minimum atomic E-state index is -0.766. The van der Waals surface area contributed by atoms with Gasteiger partial charge in [0.15, 0.2) is 0 Å². The molecule has 1 aromatic rings. The van der Waals surface area contributed by atoms with Crippen molar-refractivity contribution < 1.29 is 9.90 Å². The van der Waals surface area contributed by atoms with Crippen molar-refractivity contribution in [2.24, 2.45) is 0 Å².